The van der Waals surface area contributed by atoms with Crippen molar-refractivity contribution in [2.24, 2.45) is 11.7 Å². The number of likely N-dealkylation sites (tertiary alicyclic amines) is 1. The molecule has 1 aromatic rings. The first-order chi connectivity index (χ1) is 10.1. The number of hydrogen-bond donors (Lipinski definition) is 1. The zero-order valence-electron chi connectivity index (χ0n) is 13.4. The lowest BCUT2D eigenvalue weighted by atomic mass is 9.92. The minimum Gasteiger partial charge on any atom is -0.497 e. The minimum atomic E-state index is -0.0175. The number of rotatable bonds is 4. The lowest BCUT2D eigenvalue weighted by molar-refractivity contribution is 0.0657. The summed E-state index contributed by atoms with van der Waals surface area (Å²) in [5.74, 6) is 1.57. The summed E-state index contributed by atoms with van der Waals surface area (Å²) in [5.41, 5.74) is 6.53. The number of nitrogens with two attached hydrogens (primary N) is 1. The van der Waals surface area contributed by atoms with Crippen molar-refractivity contribution in [3.05, 3.63) is 23.8 Å². The molecule has 0 radical (unpaired) electrons. The number of amides is 1. The number of carbonyl (C=O) groups is 1. The molecule has 0 aromatic heterocycles. The summed E-state index contributed by atoms with van der Waals surface area (Å²) in [4.78, 5) is 14.6. The molecule has 0 aliphatic carbocycles. The summed E-state index contributed by atoms with van der Waals surface area (Å²) < 4.78 is 10.5. The third kappa shape index (κ3) is 4.05. The maximum absolute atomic E-state index is 12.8. The van der Waals surface area contributed by atoms with E-state index in [1.807, 2.05) is 11.8 Å². The van der Waals surface area contributed by atoms with Crippen molar-refractivity contribution in [2.45, 2.75) is 25.8 Å². The second kappa shape index (κ2) is 8.25. The van der Waals surface area contributed by atoms with Gasteiger partial charge in [0.15, 0.2) is 0 Å². The second-order valence-electron chi connectivity index (χ2n) is 5.58. The summed E-state index contributed by atoms with van der Waals surface area (Å²) in [6.07, 6.45) is 2.07. The Bertz CT molecular complexity index is 508. The Hall–Kier alpha value is -1.46. The molecule has 1 saturated heterocycles. The van der Waals surface area contributed by atoms with Gasteiger partial charge in [0.05, 0.1) is 19.8 Å². The van der Waals surface area contributed by atoms with Crippen LogP contribution in [0, 0.1) is 5.92 Å². The van der Waals surface area contributed by atoms with Crippen LogP contribution in [0.4, 0.5) is 0 Å². The maximum atomic E-state index is 12.8. The van der Waals surface area contributed by atoms with Gasteiger partial charge >= 0.3 is 0 Å². The van der Waals surface area contributed by atoms with Crippen LogP contribution in [0.3, 0.4) is 0 Å². The average Bonchev–Trinajstić information content (AvgIpc) is 2.53. The number of benzene rings is 1. The molecule has 0 bridgehead atoms. The van der Waals surface area contributed by atoms with Crippen molar-refractivity contribution >= 4 is 18.3 Å². The van der Waals surface area contributed by atoms with Gasteiger partial charge in [0.25, 0.3) is 5.91 Å². The van der Waals surface area contributed by atoms with Crippen LogP contribution >= 0.6 is 12.4 Å². The first kappa shape index (κ1) is 18.6. The van der Waals surface area contributed by atoms with Crippen molar-refractivity contribution < 1.29 is 14.3 Å². The highest BCUT2D eigenvalue weighted by atomic mass is 35.5. The Morgan fingerprint density at radius 1 is 1.36 bits per heavy atom. The number of piperidine rings is 1. The Labute approximate surface area is 138 Å². The van der Waals surface area contributed by atoms with Crippen LogP contribution in [0.5, 0.6) is 11.5 Å². The first-order valence-corrected chi connectivity index (χ1v) is 7.33. The third-order valence-electron chi connectivity index (χ3n) is 4.13. The molecule has 0 saturated carbocycles. The van der Waals surface area contributed by atoms with E-state index in [4.69, 9.17) is 15.2 Å². The number of nitrogens with zero attached hydrogens (tertiary/aromatic N) is 1. The van der Waals surface area contributed by atoms with Gasteiger partial charge in [0.2, 0.25) is 0 Å². The zero-order valence-corrected chi connectivity index (χ0v) is 14.2. The van der Waals surface area contributed by atoms with Crippen LogP contribution in [0.1, 0.15) is 30.1 Å². The van der Waals surface area contributed by atoms with E-state index in [2.05, 4.69) is 0 Å². The van der Waals surface area contributed by atoms with Crippen LogP contribution in [0.2, 0.25) is 0 Å². The number of halogens is 1. The van der Waals surface area contributed by atoms with E-state index in [9.17, 15) is 4.79 Å². The zero-order chi connectivity index (χ0) is 15.4. The fourth-order valence-corrected chi connectivity index (χ4v) is 2.78. The molecular weight excluding hydrogens is 304 g/mol. The minimum absolute atomic E-state index is 0. The molecule has 1 aliphatic rings. The molecule has 124 valence electrons. The van der Waals surface area contributed by atoms with Gasteiger partial charge < -0.3 is 20.1 Å². The van der Waals surface area contributed by atoms with Gasteiger partial charge in [-0.25, -0.2) is 0 Å². The predicted octanol–water partition coefficient (Wildman–Crippen LogP) is 2.33. The maximum Gasteiger partial charge on any atom is 0.257 e. The highest BCUT2D eigenvalue weighted by Gasteiger charge is 2.28. The third-order valence-corrected chi connectivity index (χ3v) is 4.13. The number of methoxy groups -OCH3 is 2. The molecule has 22 heavy (non-hydrogen) atoms. The Morgan fingerprint density at radius 2 is 2.09 bits per heavy atom. The molecule has 1 amide bonds. The SMILES string of the molecule is COc1ccc(OC)c(C(=O)N2CCCC(C(C)N)C2)c1.Cl. The first-order valence-electron chi connectivity index (χ1n) is 7.33. The molecule has 6 heteroatoms. The molecule has 1 aromatic carbocycles. The van der Waals surface area contributed by atoms with Crippen LogP contribution in [0.25, 0.3) is 0 Å². The van der Waals surface area contributed by atoms with E-state index >= 15 is 0 Å². The smallest absolute Gasteiger partial charge is 0.257 e. The molecular formula is C16H25ClN2O3. The van der Waals surface area contributed by atoms with Crippen LogP contribution < -0.4 is 15.2 Å². The summed E-state index contributed by atoms with van der Waals surface area (Å²) in [6, 6.07) is 5.39. The topological polar surface area (TPSA) is 64.8 Å². The predicted molar refractivity (Wildman–Crippen MR) is 89.1 cm³/mol. The normalized spacial score (nSPS) is 19.1. The Morgan fingerprint density at radius 3 is 2.68 bits per heavy atom. The van der Waals surface area contributed by atoms with Gasteiger partial charge in [-0.15, -0.1) is 12.4 Å². The fourth-order valence-electron chi connectivity index (χ4n) is 2.78. The van der Waals surface area contributed by atoms with Gasteiger partial charge in [-0.2, -0.15) is 0 Å². The molecule has 2 unspecified atom stereocenters. The summed E-state index contributed by atoms with van der Waals surface area (Å²) in [7, 11) is 3.16. The molecule has 1 aliphatic heterocycles. The van der Waals surface area contributed by atoms with E-state index in [0.717, 1.165) is 19.4 Å². The van der Waals surface area contributed by atoms with Crippen molar-refractivity contribution in [3.8, 4) is 11.5 Å². The van der Waals surface area contributed by atoms with Crippen molar-refractivity contribution in [1.29, 1.82) is 0 Å². The second-order valence-corrected chi connectivity index (χ2v) is 5.58. The van der Waals surface area contributed by atoms with E-state index in [1.54, 1.807) is 32.4 Å². The highest BCUT2D eigenvalue weighted by Crippen LogP contribution is 2.27. The van der Waals surface area contributed by atoms with Crippen molar-refractivity contribution in [2.75, 3.05) is 27.3 Å². The molecule has 0 spiro atoms. The molecule has 2 rings (SSSR count). The molecule has 5 nitrogen and oxygen atoms in total. The van der Waals surface area contributed by atoms with Crippen LogP contribution in [-0.2, 0) is 0 Å². The molecule has 1 fully saturated rings. The standard InChI is InChI=1S/C16H24N2O3.ClH/c1-11(17)12-5-4-8-18(10-12)16(19)14-9-13(20-2)6-7-15(14)21-3;/h6-7,9,11-12H,4-5,8,10,17H2,1-3H3;1H. The number of hydrogen-bond acceptors (Lipinski definition) is 4. The number of ether oxygens (including phenoxy) is 2. The molecule has 1 heterocycles. The largest absolute Gasteiger partial charge is 0.497 e. The highest BCUT2D eigenvalue weighted by molar-refractivity contribution is 5.97. The lowest BCUT2D eigenvalue weighted by Gasteiger charge is -2.34. The summed E-state index contributed by atoms with van der Waals surface area (Å²) in [5, 5.41) is 0. The van der Waals surface area contributed by atoms with Crippen molar-refractivity contribution in [3.63, 3.8) is 0 Å². The Balaban J connectivity index is 0.00000242. The van der Waals surface area contributed by atoms with Gasteiger partial charge in [0, 0.05) is 19.1 Å². The summed E-state index contributed by atoms with van der Waals surface area (Å²) >= 11 is 0. The van der Waals surface area contributed by atoms with E-state index < -0.39 is 0 Å². The van der Waals surface area contributed by atoms with Gasteiger partial charge in [-0.05, 0) is 43.9 Å². The average molecular weight is 329 g/mol. The quantitative estimate of drug-likeness (QED) is 0.921. The molecule has 2 atom stereocenters. The number of carbonyl (C=O) groups excluding carboxylic acids is 1. The van der Waals surface area contributed by atoms with Gasteiger partial charge in [0.1, 0.15) is 11.5 Å². The fraction of sp³-hybridized carbons (Fsp3) is 0.562. The van der Waals surface area contributed by atoms with Gasteiger partial charge in [-0.3, -0.25) is 4.79 Å². The van der Waals surface area contributed by atoms with E-state index in [1.165, 1.54) is 0 Å². The monoisotopic (exact) mass is 328 g/mol. The van der Waals surface area contributed by atoms with Crippen molar-refractivity contribution in [1.82, 2.24) is 4.90 Å². The van der Waals surface area contributed by atoms with Gasteiger partial charge in [-0.1, -0.05) is 0 Å². The summed E-state index contributed by atoms with van der Waals surface area (Å²) in [6.45, 7) is 3.48. The van der Waals surface area contributed by atoms with E-state index in [-0.39, 0.29) is 24.4 Å². The van der Waals surface area contributed by atoms with Crippen LogP contribution in [0.15, 0.2) is 18.2 Å². The van der Waals surface area contributed by atoms with Crippen LogP contribution in [-0.4, -0.2) is 44.2 Å². The van der Waals surface area contributed by atoms with E-state index in [0.29, 0.717) is 29.5 Å². The Kier molecular flexibility index (Phi) is 6.97. The lowest BCUT2D eigenvalue weighted by Crippen LogP contribution is -2.45. The molecule has 2 N–H and O–H groups in total.